The van der Waals surface area contributed by atoms with Crippen molar-refractivity contribution in [2.75, 3.05) is 19.0 Å². The van der Waals surface area contributed by atoms with Gasteiger partial charge in [0.1, 0.15) is 6.10 Å². The lowest BCUT2D eigenvalue weighted by Crippen LogP contribution is -2.42. The van der Waals surface area contributed by atoms with Crippen LogP contribution in [0.3, 0.4) is 0 Å². The van der Waals surface area contributed by atoms with Crippen LogP contribution in [0.4, 0.5) is 11.4 Å². The van der Waals surface area contributed by atoms with Crippen LogP contribution in [0.5, 0.6) is 0 Å². The van der Waals surface area contributed by atoms with Crippen LogP contribution in [0.1, 0.15) is 49.9 Å². The third-order valence-electron chi connectivity index (χ3n) is 5.67. The molecular weight excluding hydrogens is 502 g/mol. The van der Waals surface area contributed by atoms with E-state index in [0.29, 0.717) is 0 Å². The van der Waals surface area contributed by atoms with Crippen molar-refractivity contribution >= 4 is 29.6 Å². The molecule has 0 aliphatic carbocycles. The molecule has 0 bridgehead atoms. The average Bonchev–Trinajstić information content (AvgIpc) is 3.02. The first kappa shape index (κ1) is 36.2. The number of aliphatic hydroxyl groups excluding tert-OH is 2. The van der Waals surface area contributed by atoms with Gasteiger partial charge in [0.15, 0.2) is 12.4 Å². The molecule has 40 heavy (non-hydrogen) atoms. The second-order valence-electron chi connectivity index (χ2n) is 8.23. The molecule has 2 atom stereocenters. The molecule has 4 N–H and O–H groups in total. The summed E-state index contributed by atoms with van der Waals surface area (Å²) in [6.45, 7) is 14.9. The van der Waals surface area contributed by atoms with Crippen molar-refractivity contribution in [2.45, 2.75) is 59.9 Å². The zero-order valence-corrected chi connectivity index (χ0v) is 25.0. The van der Waals surface area contributed by atoms with Crippen LogP contribution in [0.15, 0.2) is 79.4 Å². The number of aldehydes is 1. The van der Waals surface area contributed by atoms with Gasteiger partial charge in [-0.1, -0.05) is 94.9 Å². The van der Waals surface area contributed by atoms with Crippen molar-refractivity contribution in [3.8, 4) is 0 Å². The van der Waals surface area contributed by atoms with Gasteiger partial charge in [0, 0.05) is 31.5 Å². The van der Waals surface area contributed by atoms with Gasteiger partial charge in [0.05, 0.1) is 0 Å². The first-order chi connectivity index (χ1) is 19.3. The maximum Gasteiger partial charge on any atom is 0.252 e. The number of amides is 1. The number of hydrogen-bond acceptors (Lipinski definition) is 6. The molecule has 0 radical (unpaired) electrons. The number of aryl methyl sites for hydroxylation is 1. The molecule has 3 aromatic carbocycles. The van der Waals surface area contributed by atoms with E-state index in [1.54, 1.807) is 0 Å². The van der Waals surface area contributed by atoms with Crippen LogP contribution in [0.2, 0.25) is 0 Å². The summed E-state index contributed by atoms with van der Waals surface area (Å²) in [5.74, 6) is -0.771. The number of benzene rings is 3. The third-order valence-corrected chi connectivity index (χ3v) is 5.67. The van der Waals surface area contributed by atoms with E-state index in [0.717, 1.165) is 23.2 Å². The molecule has 0 saturated carbocycles. The monoisotopic (exact) mass is 549 g/mol. The van der Waals surface area contributed by atoms with E-state index in [2.05, 4.69) is 65.6 Å². The van der Waals surface area contributed by atoms with E-state index >= 15 is 0 Å². The Bertz CT molecular complexity index is 1130. The lowest BCUT2D eigenvalue weighted by Gasteiger charge is -2.22. The topological polar surface area (TPSA) is 102 Å². The summed E-state index contributed by atoms with van der Waals surface area (Å²) < 4.78 is 0. The number of carbonyl (C=O) groups excluding carboxylic acids is 2. The Kier molecular flexibility index (Phi) is 19.1. The first-order valence-corrected chi connectivity index (χ1v) is 13.6. The predicted molar refractivity (Wildman–Crippen MR) is 168 cm³/mol. The Morgan fingerprint density at radius 3 is 2.05 bits per heavy atom. The van der Waals surface area contributed by atoms with Gasteiger partial charge in [-0.2, -0.15) is 0 Å². The number of anilines is 2. The summed E-state index contributed by atoms with van der Waals surface area (Å²) >= 11 is 0. The molecule has 7 heteroatoms. The van der Waals surface area contributed by atoms with E-state index in [1.165, 1.54) is 16.9 Å². The second kappa shape index (κ2) is 21.1. The zero-order valence-electron chi connectivity index (χ0n) is 25.0. The Balaban J connectivity index is 0.000000680. The number of aliphatic hydroxyl groups is 2. The SMILES string of the molecule is C=Cc1ccccc1N(C)c1ccc(CNC)cc1.CC.CC.Cc1ccccc1CNC(=O)C(O)C(O)C=O. The molecule has 0 heterocycles. The number of para-hydroxylation sites is 1. The van der Waals surface area contributed by atoms with E-state index in [-0.39, 0.29) is 12.8 Å². The predicted octanol–water partition coefficient (Wildman–Crippen LogP) is 5.40. The highest BCUT2D eigenvalue weighted by atomic mass is 16.3. The molecule has 1 amide bonds. The average molecular weight is 550 g/mol. The quantitative estimate of drug-likeness (QED) is 0.253. The number of carbonyl (C=O) groups is 2. The summed E-state index contributed by atoms with van der Waals surface area (Å²) in [6.07, 6.45) is -1.40. The Hall–Kier alpha value is -3.78. The van der Waals surface area contributed by atoms with Gasteiger partial charge in [-0.05, 0) is 54.4 Å². The standard InChI is InChI=1S/C17H20N2.C12H15NO4.2C2H6/c1-4-15-7-5-6-8-17(15)19(3)16-11-9-14(10-12-16)13-18-2;1-8-4-2-3-5-9(8)6-13-12(17)11(16)10(15)7-14;2*1-2/h4-12,18H,1,13H2,2-3H3;2-5,7,10-11,15-16H,6H2,1H3,(H,13,17);2*1-2H3. The lowest BCUT2D eigenvalue weighted by atomic mass is 10.1. The summed E-state index contributed by atoms with van der Waals surface area (Å²) in [5, 5.41) is 23.8. The Labute approximate surface area is 240 Å². The van der Waals surface area contributed by atoms with Gasteiger partial charge in [0.2, 0.25) is 0 Å². The van der Waals surface area contributed by atoms with Crippen LogP contribution in [-0.2, 0) is 22.7 Å². The minimum absolute atomic E-state index is 0.123. The molecule has 0 saturated heterocycles. The third kappa shape index (κ3) is 11.9. The van der Waals surface area contributed by atoms with Gasteiger partial charge >= 0.3 is 0 Å². The summed E-state index contributed by atoms with van der Waals surface area (Å²) in [7, 11) is 4.04. The van der Waals surface area contributed by atoms with E-state index in [1.807, 2.05) is 84.1 Å². The molecule has 218 valence electrons. The molecular formula is C33H47N3O4. The second-order valence-corrected chi connectivity index (χ2v) is 8.23. The highest BCUT2D eigenvalue weighted by molar-refractivity contribution is 5.84. The summed E-state index contributed by atoms with van der Waals surface area (Å²) in [6, 6.07) is 24.3. The van der Waals surface area contributed by atoms with Crippen molar-refractivity contribution < 1.29 is 19.8 Å². The molecule has 0 fully saturated rings. The number of rotatable bonds is 10. The van der Waals surface area contributed by atoms with Crippen molar-refractivity contribution in [3.05, 3.63) is 102 Å². The van der Waals surface area contributed by atoms with Gasteiger partial charge in [0.25, 0.3) is 5.91 Å². The maximum absolute atomic E-state index is 11.3. The first-order valence-electron chi connectivity index (χ1n) is 13.6. The number of hydrogen-bond donors (Lipinski definition) is 4. The van der Waals surface area contributed by atoms with Gasteiger partial charge < -0.3 is 30.5 Å². The highest BCUT2D eigenvalue weighted by Crippen LogP contribution is 2.27. The molecule has 0 aliphatic rings. The van der Waals surface area contributed by atoms with Crippen LogP contribution in [0.25, 0.3) is 6.08 Å². The van der Waals surface area contributed by atoms with Crippen LogP contribution in [-0.4, -0.2) is 48.7 Å². The fourth-order valence-corrected chi connectivity index (χ4v) is 3.47. The number of nitrogens with zero attached hydrogens (tertiary/aromatic N) is 1. The molecule has 3 rings (SSSR count). The molecule has 3 aromatic rings. The van der Waals surface area contributed by atoms with Crippen LogP contribution in [0, 0.1) is 6.92 Å². The van der Waals surface area contributed by atoms with Crippen LogP contribution >= 0.6 is 0 Å². The van der Waals surface area contributed by atoms with Crippen molar-refractivity contribution in [3.63, 3.8) is 0 Å². The minimum Gasteiger partial charge on any atom is -0.382 e. The van der Waals surface area contributed by atoms with Crippen molar-refractivity contribution in [2.24, 2.45) is 0 Å². The normalized spacial score (nSPS) is 11.0. The van der Waals surface area contributed by atoms with Gasteiger partial charge in [-0.25, -0.2) is 0 Å². The van der Waals surface area contributed by atoms with E-state index < -0.39 is 18.1 Å². The smallest absolute Gasteiger partial charge is 0.252 e. The fraction of sp³-hybridized carbons (Fsp3) is 0.333. The Morgan fingerprint density at radius 2 is 1.50 bits per heavy atom. The molecule has 2 unspecified atom stereocenters. The van der Waals surface area contributed by atoms with Crippen LogP contribution < -0.4 is 15.5 Å². The molecule has 7 nitrogen and oxygen atoms in total. The van der Waals surface area contributed by atoms with E-state index in [4.69, 9.17) is 5.11 Å². The highest BCUT2D eigenvalue weighted by Gasteiger charge is 2.23. The van der Waals surface area contributed by atoms with Crippen molar-refractivity contribution in [1.82, 2.24) is 10.6 Å². The maximum atomic E-state index is 11.3. The Morgan fingerprint density at radius 1 is 0.925 bits per heavy atom. The lowest BCUT2D eigenvalue weighted by molar-refractivity contribution is -0.139. The van der Waals surface area contributed by atoms with E-state index in [9.17, 15) is 14.7 Å². The largest absolute Gasteiger partial charge is 0.382 e. The summed E-state index contributed by atoms with van der Waals surface area (Å²) in [5.41, 5.74) is 6.70. The number of nitrogens with one attached hydrogen (secondary N) is 2. The minimum atomic E-state index is -1.73. The van der Waals surface area contributed by atoms with Gasteiger partial charge in [-0.3, -0.25) is 4.79 Å². The molecule has 0 spiro atoms. The fourth-order valence-electron chi connectivity index (χ4n) is 3.47. The van der Waals surface area contributed by atoms with Gasteiger partial charge in [-0.15, -0.1) is 0 Å². The van der Waals surface area contributed by atoms with Crippen molar-refractivity contribution in [1.29, 1.82) is 0 Å². The molecule has 0 aliphatic heterocycles. The summed E-state index contributed by atoms with van der Waals surface area (Å²) in [4.78, 5) is 23.7. The molecule has 0 aromatic heterocycles. The zero-order chi connectivity index (χ0) is 30.5.